The van der Waals surface area contributed by atoms with Crippen molar-refractivity contribution in [3.63, 3.8) is 0 Å². The normalized spacial score (nSPS) is 10.8. The highest BCUT2D eigenvalue weighted by molar-refractivity contribution is 5.40. The summed E-state index contributed by atoms with van der Waals surface area (Å²) < 4.78 is 12.8. The van der Waals surface area contributed by atoms with E-state index in [1.165, 1.54) is 0 Å². The molecule has 0 saturated carbocycles. The van der Waals surface area contributed by atoms with Crippen molar-refractivity contribution < 1.29 is 9.47 Å². The number of hydrogen-bond donors (Lipinski definition) is 0. The van der Waals surface area contributed by atoms with Gasteiger partial charge in [-0.2, -0.15) is 5.10 Å². The third-order valence-electron chi connectivity index (χ3n) is 4.16. The zero-order valence-electron chi connectivity index (χ0n) is 16.1. The molecule has 2 aromatic carbocycles. The lowest BCUT2D eigenvalue weighted by Crippen LogP contribution is -2.04. The minimum Gasteiger partial charge on any atom is -0.497 e. The van der Waals surface area contributed by atoms with Gasteiger partial charge in [0.05, 0.1) is 12.8 Å². The van der Waals surface area contributed by atoms with Gasteiger partial charge in [-0.25, -0.2) is 9.67 Å². The quantitative estimate of drug-likeness (QED) is 0.551. The fraction of sp³-hybridized carbons (Fsp3) is 0.273. The molecule has 1 heterocycles. The Bertz CT molecular complexity index is 898. The molecule has 0 aliphatic carbocycles. The Kier molecular flexibility index (Phi) is 5.91. The minimum atomic E-state index is 0.255. The maximum Gasteiger partial charge on any atom is 0.153 e. The predicted molar refractivity (Wildman–Crippen MR) is 107 cm³/mol. The van der Waals surface area contributed by atoms with Gasteiger partial charge in [0.25, 0.3) is 0 Å². The van der Waals surface area contributed by atoms with Crippen LogP contribution >= 0.6 is 0 Å². The molecule has 0 fully saturated rings. The van der Waals surface area contributed by atoms with Crippen molar-refractivity contribution in [3.8, 4) is 17.2 Å². The highest BCUT2D eigenvalue weighted by Gasteiger charge is 2.15. The molecule has 0 bridgehead atoms. The summed E-state index contributed by atoms with van der Waals surface area (Å²) in [7, 11) is 1.66. The van der Waals surface area contributed by atoms with Crippen molar-refractivity contribution in [1.29, 1.82) is 0 Å². The molecular formula is C22H25N3O2. The molecule has 5 heteroatoms. The summed E-state index contributed by atoms with van der Waals surface area (Å²) in [6.07, 6.45) is 2.41. The number of rotatable bonds is 8. The Morgan fingerprint density at radius 1 is 1.11 bits per heavy atom. The van der Waals surface area contributed by atoms with Gasteiger partial charge in [0.15, 0.2) is 5.82 Å². The van der Waals surface area contributed by atoms with E-state index in [1.54, 1.807) is 13.2 Å². The summed E-state index contributed by atoms with van der Waals surface area (Å²) in [6.45, 7) is 8.36. The van der Waals surface area contributed by atoms with Crippen LogP contribution in [0.2, 0.25) is 0 Å². The first kappa shape index (κ1) is 18.7. The fourth-order valence-corrected chi connectivity index (χ4v) is 2.71. The van der Waals surface area contributed by atoms with Crippen molar-refractivity contribution in [1.82, 2.24) is 14.8 Å². The summed E-state index contributed by atoms with van der Waals surface area (Å²) in [5.41, 5.74) is 2.09. The van der Waals surface area contributed by atoms with Crippen LogP contribution in [0.15, 0.2) is 61.2 Å². The molecule has 1 aromatic heterocycles. The number of hydrogen-bond acceptors (Lipinski definition) is 4. The SMILES string of the molecule is C=CCOc1ccc(Cc2nc(C(C)C)nn2-c2cccc(OC)c2)cc1. The molecular weight excluding hydrogens is 338 g/mol. The van der Waals surface area contributed by atoms with Gasteiger partial charge < -0.3 is 9.47 Å². The number of benzene rings is 2. The lowest BCUT2D eigenvalue weighted by Gasteiger charge is -2.08. The molecule has 0 amide bonds. The van der Waals surface area contributed by atoms with E-state index in [1.807, 2.05) is 41.1 Å². The largest absolute Gasteiger partial charge is 0.497 e. The second kappa shape index (κ2) is 8.54. The molecule has 0 saturated heterocycles. The van der Waals surface area contributed by atoms with Gasteiger partial charge >= 0.3 is 0 Å². The Morgan fingerprint density at radius 3 is 2.56 bits per heavy atom. The molecule has 27 heavy (non-hydrogen) atoms. The third-order valence-corrected chi connectivity index (χ3v) is 4.16. The predicted octanol–water partition coefficient (Wildman–Crippen LogP) is 4.55. The zero-order valence-corrected chi connectivity index (χ0v) is 16.1. The lowest BCUT2D eigenvalue weighted by molar-refractivity contribution is 0.363. The monoisotopic (exact) mass is 363 g/mol. The summed E-state index contributed by atoms with van der Waals surface area (Å²) in [4.78, 5) is 4.78. The van der Waals surface area contributed by atoms with E-state index < -0.39 is 0 Å². The third kappa shape index (κ3) is 4.56. The van der Waals surface area contributed by atoms with E-state index in [9.17, 15) is 0 Å². The standard InChI is InChI=1S/C22H25N3O2/c1-5-13-27-19-11-9-17(10-12-19)14-21-23-22(16(2)3)24-25(21)18-7-6-8-20(15-18)26-4/h5-12,15-16H,1,13-14H2,2-4H3. The van der Waals surface area contributed by atoms with Crippen LogP contribution in [0.3, 0.4) is 0 Å². The van der Waals surface area contributed by atoms with Crippen LogP contribution in [0.4, 0.5) is 0 Å². The van der Waals surface area contributed by atoms with Crippen molar-refractivity contribution in [3.05, 3.63) is 78.4 Å². The van der Waals surface area contributed by atoms with Gasteiger partial charge in [-0.1, -0.05) is 44.7 Å². The Balaban J connectivity index is 1.90. The number of aromatic nitrogens is 3. The molecule has 0 spiro atoms. The van der Waals surface area contributed by atoms with Crippen LogP contribution in [0.25, 0.3) is 5.69 Å². The molecule has 0 radical (unpaired) electrons. The number of nitrogens with zero attached hydrogens (tertiary/aromatic N) is 3. The van der Waals surface area contributed by atoms with Gasteiger partial charge in [-0.05, 0) is 29.8 Å². The first-order chi connectivity index (χ1) is 13.1. The molecule has 5 nitrogen and oxygen atoms in total. The van der Waals surface area contributed by atoms with Crippen molar-refractivity contribution in [2.24, 2.45) is 0 Å². The van der Waals surface area contributed by atoms with Gasteiger partial charge in [0, 0.05) is 18.4 Å². The maximum absolute atomic E-state index is 5.55. The maximum atomic E-state index is 5.55. The first-order valence-corrected chi connectivity index (χ1v) is 9.03. The fourth-order valence-electron chi connectivity index (χ4n) is 2.71. The smallest absolute Gasteiger partial charge is 0.153 e. The van der Waals surface area contributed by atoms with Crippen molar-refractivity contribution in [2.75, 3.05) is 13.7 Å². The Labute approximate surface area is 160 Å². The van der Waals surface area contributed by atoms with Gasteiger partial charge in [0.2, 0.25) is 0 Å². The molecule has 0 unspecified atom stereocenters. The topological polar surface area (TPSA) is 49.2 Å². The minimum absolute atomic E-state index is 0.255. The Hall–Kier alpha value is -3.08. The van der Waals surface area contributed by atoms with Gasteiger partial charge in [-0.3, -0.25) is 0 Å². The molecule has 140 valence electrons. The average molecular weight is 363 g/mol. The number of ether oxygens (including phenoxy) is 2. The molecule has 0 aliphatic rings. The van der Waals surface area contributed by atoms with E-state index in [2.05, 4.69) is 32.6 Å². The van der Waals surface area contributed by atoms with E-state index in [-0.39, 0.29) is 5.92 Å². The van der Waals surface area contributed by atoms with E-state index in [4.69, 9.17) is 19.6 Å². The van der Waals surface area contributed by atoms with E-state index >= 15 is 0 Å². The molecule has 0 aliphatic heterocycles. The van der Waals surface area contributed by atoms with Crippen LogP contribution in [0.5, 0.6) is 11.5 Å². The Morgan fingerprint density at radius 2 is 1.89 bits per heavy atom. The highest BCUT2D eigenvalue weighted by atomic mass is 16.5. The highest BCUT2D eigenvalue weighted by Crippen LogP contribution is 2.21. The lowest BCUT2D eigenvalue weighted by atomic mass is 10.1. The second-order valence-electron chi connectivity index (χ2n) is 6.57. The molecule has 3 aromatic rings. The van der Waals surface area contributed by atoms with Crippen LogP contribution in [-0.2, 0) is 6.42 Å². The van der Waals surface area contributed by atoms with E-state index in [0.717, 1.165) is 34.4 Å². The number of methoxy groups -OCH3 is 1. The summed E-state index contributed by atoms with van der Waals surface area (Å²) in [5.74, 6) is 3.61. The van der Waals surface area contributed by atoms with Gasteiger partial charge in [-0.15, -0.1) is 0 Å². The summed E-state index contributed by atoms with van der Waals surface area (Å²) in [6, 6.07) is 15.9. The first-order valence-electron chi connectivity index (χ1n) is 9.03. The van der Waals surface area contributed by atoms with Crippen LogP contribution in [0, 0.1) is 0 Å². The second-order valence-corrected chi connectivity index (χ2v) is 6.57. The van der Waals surface area contributed by atoms with E-state index in [0.29, 0.717) is 13.0 Å². The zero-order chi connectivity index (χ0) is 19.2. The van der Waals surface area contributed by atoms with Crippen LogP contribution in [-0.4, -0.2) is 28.5 Å². The summed E-state index contributed by atoms with van der Waals surface area (Å²) >= 11 is 0. The van der Waals surface area contributed by atoms with Crippen LogP contribution in [0.1, 0.15) is 37.0 Å². The summed E-state index contributed by atoms with van der Waals surface area (Å²) in [5, 5.41) is 4.72. The van der Waals surface area contributed by atoms with Crippen molar-refractivity contribution in [2.45, 2.75) is 26.2 Å². The molecule has 3 rings (SSSR count). The van der Waals surface area contributed by atoms with Crippen molar-refractivity contribution >= 4 is 0 Å². The molecule has 0 N–H and O–H groups in total. The van der Waals surface area contributed by atoms with Crippen LogP contribution < -0.4 is 9.47 Å². The molecule has 0 atom stereocenters. The van der Waals surface area contributed by atoms with Gasteiger partial charge in [0.1, 0.15) is 23.9 Å². The average Bonchev–Trinajstić information content (AvgIpc) is 3.11.